The van der Waals surface area contributed by atoms with Gasteiger partial charge in [0.25, 0.3) is 0 Å². The van der Waals surface area contributed by atoms with Crippen molar-refractivity contribution in [3.63, 3.8) is 0 Å². The van der Waals surface area contributed by atoms with Crippen molar-refractivity contribution in [1.29, 1.82) is 0 Å². The summed E-state index contributed by atoms with van der Waals surface area (Å²) >= 11 is 0. The first-order chi connectivity index (χ1) is 5.70. The van der Waals surface area contributed by atoms with Gasteiger partial charge in [0, 0.05) is 0 Å². The van der Waals surface area contributed by atoms with Crippen molar-refractivity contribution < 1.29 is 0 Å². The van der Waals surface area contributed by atoms with Crippen molar-refractivity contribution in [1.82, 2.24) is 0 Å². The molecule has 0 radical (unpaired) electrons. The second-order valence-corrected chi connectivity index (χ2v) is 3.97. The van der Waals surface area contributed by atoms with Gasteiger partial charge >= 0.3 is 0 Å². The van der Waals surface area contributed by atoms with E-state index in [1.165, 1.54) is 25.7 Å². The second kappa shape index (κ2) is 7.39. The van der Waals surface area contributed by atoms with Crippen LogP contribution in [0.5, 0.6) is 0 Å². The topological polar surface area (TPSA) is 0 Å². The van der Waals surface area contributed by atoms with Gasteiger partial charge in [0.15, 0.2) is 0 Å². The second-order valence-electron chi connectivity index (χ2n) is 3.97. The molecule has 0 aromatic carbocycles. The predicted octanol–water partition coefficient (Wildman–Crippen LogP) is 4.42. The van der Waals surface area contributed by atoms with Crippen molar-refractivity contribution in [2.75, 3.05) is 0 Å². The molecule has 0 aromatic heterocycles. The number of rotatable bonds is 6. The fraction of sp³-hybridized carbons (Fsp3) is 0.833. The van der Waals surface area contributed by atoms with Crippen LogP contribution in [-0.2, 0) is 0 Å². The van der Waals surface area contributed by atoms with Crippen LogP contribution in [0.2, 0.25) is 0 Å². The van der Waals surface area contributed by atoms with E-state index in [-0.39, 0.29) is 0 Å². The van der Waals surface area contributed by atoms with Gasteiger partial charge in [-0.25, -0.2) is 0 Å². The molecule has 0 nitrogen and oxygen atoms in total. The Labute approximate surface area is 78.1 Å². The lowest BCUT2D eigenvalue weighted by Crippen LogP contribution is -1.90. The highest BCUT2D eigenvalue weighted by Gasteiger charge is 1.95. The third-order valence-electron chi connectivity index (χ3n) is 2.64. The lowest BCUT2D eigenvalue weighted by atomic mass is 10.0. The Bertz CT molecular complexity index is 99.2. The average Bonchev–Trinajstić information content (AvgIpc) is 2.11. The van der Waals surface area contributed by atoms with Gasteiger partial charge in [0.1, 0.15) is 0 Å². The van der Waals surface area contributed by atoms with Crippen molar-refractivity contribution in [3.8, 4) is 0 Å². The largest absolute Gasteiger partial charge is 0.0883 e. The van der Waals surface area contributed by atoms with Crippen molar-refractivity contribution in [2.24, 2.45) is 11.8 Å². The molecule has 0 rings (SSSR count). The Morgan fingerprint density at radius 2 is 1.17 bits per heavy atom. The molecule has 0 amide bonds. The summed E-state index contributed by atoms with van der Waals surface area (Å²) in [7, 11) is 0. The Hall–Kier alpha value is -0.260. The van der Waals surface area contributed by atoms with Crippen LogP contribution in [0.15, 0.2) is 12.2 Å². The Kier molecular flexibility index (Phi) is 7.23. The first-order valence-corrected chi connectivity index (χ1v) is 5.35. The van der Waals surface area contributed by atoms with Crippen LogP contribution in [0.1, 0.15) is 53.4 Å². The van der Waals surface area contributed by atoms with E-state index in [4.69, 9.17) is 0 Å². The van der Waals surface area contributed by atoms with Crippen LogP contribution in [0.25, 0.3) is 0 Å². The summed E-state index contributed by atoms with van der Waals surface area (Å²) < 4.78 is 0. The van der Waals surface area contributed by atoms with Gasteiger partial charge in [-0.1, -0.05) is 52.7 Å². The maximum atomic E-state index is 2.35. The molecule has 2 atom stereocenters. The van der Waals surface area contributed by atoms with E-state index in [0.717, 1.165) is 11.8 Å². The van der Waals surface area contributed by atoms with Crippen LogP contribution >= 0.6 is 0 Å². The lowest BCUT2D eigenvalue weighted by molar-refractivity contribution is 0.557. The van der Waals surface area contributed by atoms with Gasteiger partial charge in [-0.15, -0.1) is 0 Å². The molecule has 0 heterocycles. The van der Waals surface area contributed by atoms with Crippen molar-refractivity contribution >= 4 is 0 Å². The van der Waals surface area contributed by atoms with Crippen molar-refractivity contribution in [2.45, 2.75) is 53.4 Å². The normalized spacial score (nSPS) is 16.7. The molecule has 0 fully saturated rings. The molecule has 0 saturated carbocycles. The molecule has 72 valence electrons. The van der Waals surface area contributed by atoms with Gasteiger partial charge in [0.05, 0.1) is 0 Å². The Balaban J connectivity index is 3.36. The van der Waals surface area contributed by atoms with E-state index < -0.39 is 0 Å². The summed E-state index contributed by atoms with van der Waals surface area (Å²) in [4.78, 5) is 0. The highest BCUT2D eigenvalue weighted by Crippen LogP contribution is 2.10. The summed E-state index contributed by atoms with van der Waals surface area (Å²) in [5.41, 5.74) is 0. The average molecular weight is 168 g/mol. The predicted molar refractivity (Wildman–Crippen MR) is 57.3 cm³/mol. The zero-order valence-corrected chi connectivity index (χ0v) is 9.14. The van der Waals surface area contributed by atoms with Crippen molar-refractivity contribution in [3.05, 3.63) is 12.2 Å². The van der Waals surface area contributed by atoms with Crippen LogP contribution in [0.4, 0.5) is 0 Å². The standard InChI is InChI=1S/C12H24/c1-5-11(3)9-7-8-10-12(4)6-2/h7-8,11-12H,5-6,9-10H2,1-4H3. The fourth-order valence-corrected chi connectivity index (χ4v) is 0.990. The minimum atomic E-state index is 0.859. The maximum absolute atomic E-state index is 2.35. The number of allylic oxidation sites excluding steroid dienone is 2. The Morgan fingerprint density at radius 3 is 1.42 bits per heavy atom. The molecule has 0 bridgehead atoms. The monoisotopic (exact) mass is 168 g/mol. The van der Waals surface area contributed by atoms with E-state index in [1.807, 2.05) is 0 Å². The van der Waals surface area contributed by atoms with Gasteiger partial charge in [-0.05, 0) is 24.7 Å². The van der Waals surface area contributed by atoms with Crippen LogP contribution in [-0.4, -0.2) is 0 Å². The molecule has 0 heteroatoms. The molecule has 0 saturated heterocycles. The fourth-order valence-electron chi connectivity index (χ4n) is 0.990. The highest BCUT2D eigenvalue weighted by molar-refractivity contribution is 4.84. The molecule has 0 aliphatic heterocycles. The van der Waals surface area contributed by atoms with Gasteiger partial charge < -0.3 is 0 Å². The highest BCUT2D eigenvalue weighted by atomic mass is 14.0. The van der Waals surface area contributed by atoms with E-state index >= 15 is 0 Å². The molecule has 0 aliphatic rings. The minimum Gasteiger partial charge on any atom is -0.0883 e. The molecule has 0 aromatic rings. The summed E-state index contributed by atoms with van der Waals surface area (Å²) in [6.45, 7) is 9.14. The van der Waals surface area contributed by atoms with E-state index in [1.54, 1.807) is 0 Å². The zero-order chi connectivity index (χ0) is 9.40. The molecular formula is C12H24. The summed E-state index contributed by atoms with van der Waals surface area (Å²) in [5, 5.41) is 0. The molecule has 0 spiro atoms. The molecule has 0 N–H and O–H groups in total. The molecule has 12 heavy (non-hydrogen) atoms. The quantitative estimate of drug-likeness (QED) is 0.515. The van der Waals surface area contributed by atoms with Crippen LogP contribution in [0.3, 0.4) is 0 Å². The third kappa shape index (κ3) is 6.45. The summed E-state index contributed by atoms with van der Waals surface area (Å²) in [5.74, 6) is 1.72. The summed E-state index contributed by atoms with van der Waals surface area (Å²) in [6, 6.07) is 0. The minimum absolute atomic E-state index is 0.859. The van der Waals surface area contributed by atoms with Gasteiger partial charge in [-0.2, -0.15) is 0 Å². The van der Waals surface area contributed by atoms with Crippen LogP contribution in [0, 0.1) is 11.8 Å². The Morgan fingerprint density at radius 1 is 0.833 bits per heavy atom. The maximum Gasteiger partial charge on any atom is -0.0325 e. The van der Waals surface area contributed by atoms with Gasteiger partial charge in [0.2, 0.25) is 0 Å². The third-order valence-corrected chi connectivity index (χ3v) is 2.64. The first-order valence-electron chi connectivity index (χ1n) is 5.35. The first kappa shape index (κ1) is 11.7. The van der Waals surface area contributed by atoms with E-state index in [2.05, 4.69) is 39.8 Å². The zero-order valence-electron chi connectivity index (χ0n) is 9.14. The van der Waals surface area contributed by atoms with Gasteiger partial charge in [-0.3, -0.25) is 0 Å². The van der Waals surface area contributed by atoms with Crippen LogP contribution < -0.4 is 0 Å². The summed E-state index contributed by atoms with van der Waals surface area (Å²) in [6.07, 6.45) is 9.81. The lowest BCUT2D eigenvalue weighted by Gasteiger charge is -2.04. The number of hydrogen-bond donors (Lipinski definition) is 0. The molecule has 2 unspecified atom stereocenters. The van der Waals surface area contributed by atoms with E-state index in [9.17, 15) is 0 Å². The number of hydrogen-bond acceptors (Lipinski definition) is 0. The SMILES string of the molecule is CCC(C)CC=CCC(C)CC. The van der Waals surface area contributed by atoms with E-state index in [0.29, 0.717) is 0 Å². The molecular weight excluding hydrogens is 144 g/mol. The smallest absolute Gasteiger partial charge is 0.0325 e. The molecule has 0 aliphatic carbocycles.